The Hall–Kier alpha value is -2.45. The van der Waals surface area contributed by atoms with Crippen molar-refractivity contribution in [1.29, 1.82) is 0 Å². The fraction of sp³-hybridized carbons (Fsp3) is 0.333. The van der Waals surface area contributed by atoms with Gasteiger partial charge in [-0.3, -0.25) is 14.9 Å². The maximum absolute atomic E-state index is 12.2. The van der Waals surface area contributed by atoms with E-state index >= 15 is 0 Å². The third-order valence-electron chi connectivity index (χ3n) is 4.29. The summed E-state index contributed by atoms with van der Waals surface area (Å²) in [7, 11) is 0. The lowest BCUT2D eigenvalue weighted by Gasteiger charge is -2.16. The molecular formula is C18H17ClN2O5S. The van der Waals surface area contributed by atoms with Gasteiger partial charge in [0.25, 0.3) is 11.6 Å². The maximum Gasteiger partial charge on any atom is 0.348 e. The summed E-state index contributed by atoms with van der Waals surface area (Å²) >= 11 is 7.14. The van der Waals surface area contributed by atoms with E-state index in [4.69, 9.17) is 16.3 Å². The van der Waals surface area contributed by atoms with Crippen LogP contribution in [0.3, 0.4) is 0 Å². The first kappa shape index (κ1) is 19.3. The second-order valence-electron chi connectivity index (χ2n) is 6.45. The van der Waals surface area contributed by atoms with Gasteiger partial charge < -0.3 is 10.1 Å². The van der Waals surface area contributed by atoms with Crippen LogP contribution in [-0.2, 0) is 22.4 Å². The average molecular weight is 409 g/mol. The smallest absolute Gasteiger partial charge is 0.348 e. The Morgan fingerprint density at radius 1 is 1.41 bits per heavy atom. The molecule has 2 aromatic rings. The summed E-state index contributed by atoms with van der Waals surface area (Å²) in [4.78, 5) is 36.1. The highest BCUT2D eigenvalue weighted by molar-refractivity contribution is 7.14. The number of nitrogens with one attached hydrogen (secondary N) is 1. The molecule has 0 spiro atoms. The zero-order valence-electron chi connectivity index (χ0n) is 14.5. The van der Waals surface area contributed by atoms with Crippen LogP contribution in [0.5, 0.6) is 0 Å². The van der Waals surface area contributed by atoms with Crippen molar-refractivity contribution in [3.63, 3.8) is 0 Å². The molecule has 0 unspecified atom stereocenters. The van der Waals surface area contributed by atoms with E-state index in [1.54, 1.807) is 0 Å². The zero-order valence-corrected chi connectivity index (χ0v) is 16.1. The Bertz CT molecular complexity index is 911. The Labute approximate surface area is 164 Å². The molecule has 0 saturated carbocycles. The number of carbonyl (C=O) groups is 2. The summed E-state index contributed by atoms with van der Waals surface area (Å²) in [6.45, 7) is 1.71. The number of nitrogens with zero attached hydrogens (tertiary/aromatic N) is 1. The number of nitro groups is 1. The SMILES string of the molecule is C[C@@H]1CCc2sc(C(=O)OCC(=O)Nc3ccc(Cl)c([N+](=O)[O-])c3)cc2C1. The second-order valence-corrected chi connectivity index (χ2v) is 8.00. The van der Waals surface area contributed by atoms with E-state index in [9.17, 15) is 19.7 Å². The molecule has 1 aliphatic carbocycles. The molecule has 1 heterocycles. The number of hydrogen-bond donors (Lipinski definition) is 1. The molecule has 27 heavy (non-hydrogen) atoms. The van der Waals surface area contributed by atoms with Gasteiger partial charge in [0.2, 0.25) is 0 Å². The second kappa shape index (κ2) is 8.06. The lowest BCUT2D eigenvalue weighted by molar-refractivity contribution is -0.384. The monoisotopic (exact) mass is 408 g/mol. The molecule has 1 aromatic heterocycles. The number of nitro benzene ring substituents is 1. The van der Waals surface area contributed by atoms with Gasteiger partial charge in [-0.25, -0.2) is 4.79 Å². The molecule has 142 valence electrons. The molecule has 0 saturated heterocycles. The van der Waals surface area contributed by atoms with Crippen LogP contribution in [-0.4, -0.2) is 23.4 Å². The van der Waals surface area contributed by atoms with Gasteiger partial charge in [0.05, 0.1) is 4.92 Å². The summed E-state index contributed by atoms with van der Waals surface area (Å²) in [6, 6.07) is 5.75. The number of anilines is 1. The van der Waals surface area contributed by atoms with Crippen molar-refractivity contribution < 1.29 is 19.2 Å². The topological polar surface area (TPSA) is 98.5 Å². The molecule has 0 radical (unpaired) electrons. The van der Waals surface area contributed by atoms with E-state index in [1.165, 1.54) is 33.9 Å². The number of hydrogen-bond acceptors (Lipinski definition) is 6. The van der Waals surface area contributed by atoms with Gasteiger partial charge >= 0.3 is 5.97 Å². The van der Waals surface area contributed by atoms with Gasteiger partial charge in [-0.1, -0.05) is 18.5 Å². The van der Waals surface area contributed by atoms with Crippen LogP contribution in [0, 0.1) is 16.0 Å². The third kappa shape index (κ3) is 4.64. The van der Waals surface area contributed by atoms with Gasteiger partial charge in [0.15, 0.2) is 6.61 Å². The molecule has 0 bridgehead atoms. The lowest BCUT2D eigenvalue weighted by atomic mass is 9.90. The normalized spacial score (nSPS) is 15.7. The highest BCUT2D eigenvalue weighted by Gasteiger charge is 2.22. The van der Waals surface area contributed by atoms with Crippen LogP contribution in [0.15, 0.2) is 24.3 Å². The van der Waals surface area contributed by atoms with E-state index in [0.29, 0.717) is 10.8 Å². The highest BCUT2D eigenvalue weighted by Crippen LogP contribution is 2.32. The number of aryl methyl sites for hydroxylation is 1. The van der Waals surface area contributed by atoms with E-state index in [1.807, 2.05) is 6.07 Å². The van der Waals surface area contributed by atoms with E-state index in [0.717, 1.165) is 25.3 Å². The summed E-state index contributed by atoms with van der Waals surface area (Å²) < 4.78 is 5.07. The zero-order chi connectivity index (χ0) is 19.6. The first-order chi connectivity index (χ1) is 12.8. The van der Waals surface area contributed by atoms with Crippen molar-refractivity contribution in [2.45, 2.75) is 26.2 Å². The van der Waals surface area contributed by atoms with Crippen molar-refractivity contribution in [3.8, 4) is 0 Å². The van der Waals surface area contributed by atoms with Gasteiger partial charge in [-0.15, -0.1) is 11.3 Å². The average Bonchev–Trinajstić information content (AvgIpc) is 3.04. The van der Waals surface area contributed by atoms with Gasteiger partial charge in [-0.05, 0) is 48.9 Å². The van der Waals surface area contributed by atoms with E-state index in [2.05, 4.69) is 12.2 Å². The van der Waals surface area contributed by atoms with Gasteiger partial charge in [-0.2, -0.15) is 0 Å². The number of fused-ring (bicyclic) bond motifs is 1. The molecule has 3 rings (SSSR count). The minimum absolute atomic E-state index is 0.0274. The Morgan fingerprint density at radius 2 is 2.19 bits per heavy atom. The molecular weight excluding hydrogens is 392 g/mol. The van der Waals surface area contributed by atoms with Crippen LogP contribution in [0.25, 0.3) is 0 Å². The van der Waals surface area contributed by atoms with Gasteiger partial charge in [0, 0.05) is 16.6 Å². The Morgan fingerprint density at radius 3 is 2.93 bits per heavy atom. The first-order valence-corrected chi connectivity index (χ1v) is 9.55. The minimum atomic E-state index is -0.641. The maximum atomic E-state index is 12.2. The molecule has 1 aliphatic rings. The van der Waals surface area contributed by atoms with Crippen molar-refractivity contribution in [2.75, 3.05) is 11.9 Å². The molecule has 9 heteroatoms. The van der Waals surface area contributed by atoms with Crippen LogP contribution in [0.4, 0.5) is 11.4 Å². The number of esters is 1. The molecule has 7 nitrogen and oxygen atoms in total. The van der Waals surface area contributed by atoms with Crippen LogP contribution in [0.1, 0.15) is 33.5 Å². The number of rotatable bonds is 5. The summed E-state index contributed by atoms with van der Waals surface area (Å²) in [5.41, 5.74) is 1.07. The third-order valence-corrected chi connectivity index (χ3v) is 5.83. The fourth-order valence-corrected chi connectivity index (χ4v) is 4.22. The molecule has 1 amide bonds. The Kier molecular flexibility index (Phi) is 5.76. The first-order valence-electron chi connectivity index (χ1n) is 8.36. The van der Waals surface area contributed by atoms with Crippen molar-refractivity contribution in [1.82, 2.24) is 0 Å². The quantitative estimate of drug-likeness (QED) is 0.453. The number of amides is 1. The summed E-state index contributed by atoms with van der Waals surface area (Å²) in [6.07, 6.45) is 3.02. The fourth-order valence-electron chi connectivity index (χ4n) is 2.94. The largest absolute Gasteiger partial charge is 0.451 e. The highest BCUT2D eigenvalue weighted by atomic mass is 35.5. The van der Waals surface area contributed by atoms with Crippen molar-refractivity contribution in [3.05, 3.63) is 54.7 Å². The lowest BCUT2D eigenvalue weighted by Crippen LogP contribution is -2.20. The van der Waals surface area contributed by atoms with Crippen molar-refractivity contribution in [2.24, 2.45) is 5.92 Å². The van der Waals surface area contributed by atoms with Crippen LogP contribution < -0.4 is 5.32 Å². The standard InChI is InChI=1S/C18H17ClN2O5S/c1-10-2-5-15-11(6-10)7-16(27-15)18(23)26-9-17(22)20-12-3-4-13(19)14(8-12)21(24)25/h3-4,7-8,10H,2,5-6,9H2,1H3,(H,20,22)/t10-/m1/s1. The van der Waals surface area contributed by atoms with Crippen molar-refractivity contribution >= 4 is 46.2 Å². The minimum Gasteiger partial charge on any atom is -0.451 e. The predicted molar refractivity (Wildman–Crippen MR) is 103 cm³/mol. The molecule has 1 N–H and O–H groups in total. The molecule has 1 atom stereocenters. The van der Waals surface area contributed by atoms with Crippen LogP contribution >= 0.6 is 22.9 Å². The number of carbonyl (C=O) groups excluding carboxylic acids is 2. The molecule has 0 aliphatic heterocycles. The number of benzene rings is 1. The molecule has 0 fully saturated rings. The van der Waals surface area contributed by atoms with Crippen LogP contribution in [0.2, 0.25) is 5.02 Å². The molecule has 1 aromatic carbocycles. The summed E-state index contributed by atoms with van der Waals surface area (Å²) in [5.74, 6) is -0.528. The number of thiophene rings is 1. The number of halogens is 1. The van der Waals surface area contributed by atoms with E-state index in [-0.39, 0.29) is 16.4 Å². The Balaban J connectivity index is 1.57. The number of ether oxygens (including phenoxy) is 1. The predicted octanol–water partition coefficient (Wildman–Crippen LogP) is 4.23. The van der Waals surface area contributed by atoms with Gasteiger partial charge in [0.1, 0.15) is 9.90 Å². The van der Waals surface area contributed by atoms with E-state index < -0.39 is 23.4 Å². The summed E-state index contributed by atoms with van der Waals surface area (Å²) in [5, 5.41) is 13.3.